The summed E-state index contributed by atoms with van der Waals surface area (Å²) in [7, 11) is 0. The highest BCUT2D eigenvalue weighted by Crippen LogP contribution is 2.21. The summed E-state index contributed by atoms with van der Waals surface area (Å²) in [6.07, 6.45) is 0. The lowest BCUT2D eigenvalue weighted by molar-refractivity contribution is -0.927. The van der Waals surface area contributed by atoms with Crippen molar-refractivity contribution in [2.45, 2.75) is 138 Å². The van der Waals surface area contributed by atoms with Crippen LogP contribution in [0.3, 0.4) is 0 Å². The fraction of sp³-hybridized carbons (Fsp3) is 0.732. The molecule has 314 valence electrons. The Kier molecular flexibility index (Phi) is 17.8. The molecule has 0 atom stereocenters. The van der Waals surface area contributed by atoms with Crippen molar-refractivity contribution in [1.29, 1.82) is 0 Å². The number of hydrogen-bond acceptors (Lipinski definition) is 13. The molecule has 0 heterocycles. The average Bonchev–Trinajstić information content (AvgIpc) is 2.90. The predicted molar refractivity (Wildman–Crippen MR) is 212 cm³/mol. The molecule has 0 spiro atoms. The highest BCUT2D eigenvalue weighted by molar-refractivity contribution is 5.76. The van der Waals surface area contributed by atoms with Crippen LogP contribution >= 0.6 is 0 Å². The van der Waals surface area contributed by atoms with Crippen LogP contribution in [0.5, 0.6) is 0 Å². The molecular weight excluding hydrogens is 708 g/mol. The number of esters is 5. The Balaban J connectivity index is 3.67. The van der Waals surface area contributed by atoms with Crippen molar-refractivity contribution < 1.29 is 52.1 Å². The highest BCUT2D eigenvalue weighted by atomic mass is 16.6. The van der Waals surface area contributed by atoms with Gasteiger partial charge in [0.05, 0.1) is 26.2 Å². The van der Waals surface area contributed by atoms with Crippen molar-refractivity contribution in [3.05, 3.63) is 29.8 Å². The van der Waals surface area contributed by atoms with Gasteiger partial charge in [0.1, 0.15) is 34.6 Å². The van der Waals surface area contributed by atoms with Gasteiger partial charge in [-0.2, -0.15) is 0 Å². The zero-order chi connectivity index (χ0) is 42.6. The Morgan fingerprint density at radius 1 is 0.491 bits per heavy atom. The summed E-state index contributed by atoms with van der Waals surface area (Å²) in [5.74, 6) is -2.56. The first-order chi connectivity index (χ1) is 24.7. The van der Waals surface area contributed by atoms with Crippen LogP contribution in [-0.4, -0.2) is 131 Å². The van der Waals surface area contributed by atoms with E-state index in [1.807, 2.05) is 17.0 Å². The second-order valence-corrected chi connectivity index (χ2v) is 19.2. The third-order valence-corrected chi connectivity index (χ3v) is 7.21. The molecule has 0 fully saturated rings. The van der Waals surface area contributed by atoms with Crippen LogP contribution in [0, 0.1) is 0 Å². The Labute approximate surface area is 329 Å². The number of anilines is 1. The summed E-state index contributed by atoms with van der Waals surface area (Å²) in [4.78, 5) is 69.9. The number of quaternary nitrogens is 1. The topological polar surface area (TPSA) is 164 Å². The number of nitrogen functional groups attached to an aromatic ring is 1. The normalized spacial score (nSPS) is 13.0. The Hall–Kier alpha value is -3.75. The van der Waals surface area contributed by atoms with Crippen molar-refractivity contribution in [1.82, 2.24) is 9.80 Å². The van der Waals surface area contributed by atoms with E-state index in [9.17, 15) is 24.0 Å². The van der Waals surface area contributed by atoms with Crippen molar-refractivity contribution >= 4 is 35.5 Å². The van der Waals surface area contributed by atoms with E-state index >= 15 is 0 Å². The molecule has 55 heavy (non-hydrogen) atoms. The van der Waals surface area contributed by atoms with E-state index in [2.05, 4.69) is 0 Å². The van der Waals surface area contributed by atoms with Crippen LogP contribution < -0.4 is 5.73 Å². The van der Waals surface area contributed by atoms with Gasteiger partial charge in [-0.3, -0.25) is 24.2 Å². The average molecular weight is 780 g/mol. The van der Waals surface area contributed by atoms with Gasteiger partial charge in [-0.15, -0.1) is 0 Å². The quantitative estimate of drug-likeness (QED) is 0.0928. The van der Waals surface area contributed by atoms with Crippen LogP contribution in [0.25, 0.3) is 0 Å². The molecule has 0 bridgehead atoms. The van der Waals surface area contributed by atoms with E-state index < -0.39 is 57.9 Å². The summed E-state index contributed by atoms with van der Waals surface area (Å²) in [6, 6.07) is 7.19. The smallest absolute Gasteiger partial charge is 0.362 e. The number of carbonyl (C=O) groups is 5. The van der Waals surface area contributed by atoms with E-state index in [-0.39, 0.29) is 69.9 Å². The molecule has 1 rings (SSSR count). The first kappa shape index (κ1) is 49.3. The zero-order valence-electron chi connectivity index (χ0n) is 36.4. The SMILES string of the molecule is CC(C)(C)OC(=O)CN(CCN(CC(=O)OC(C)(C)C)CC(=O)OC(C)(C)C)CC[N+](CC(=O)OC(C)(C)C)(CC(=O)OC(C)(C)C)Cc1ccc(N)cc1. The second-order valence-electron chi connectivity index (χ2n) is 19.2. The van der Waals surface area contributed by atoms with Gasteiger partial charge < -0.3 is 33.9 Å². The third-order valence-electron chi connectivity index (χ3n) is 7.21. The lowest BCUT2D eigenvalue weighted by atomic mass is 10.1. The molecule has 0 aromatic heterocycles. The number of nitrogens with two attached hydrogens (primary N) is 1. The number of carbonyl (C=O) groups excluding carboxylic acids is 5. The molecule has 1 aromatic rings. The van der Waals surface area contributed by atoms with Gasteiger partial charge in [0.25, 0.3) is 0 Å². The van der Waals surface area contributed by atoms with E-state index in [0.717, 1.165) is 5.56 Å². The number of nitrogens with zero attached hydrogens (tertiary/aromatic N) is 3. The maximum absolute atomic E-state index is 13.6. The molecule has 2 N–H and O–H groups in total. The predicted octanol–water partition coefficient (Wildman–Crippen LogP) is 4.90. The van der Waals surface area contributed by atoms with Gasteiger partial charge in [0.15, 0.2) is 13.1 Å². The molecule has 0 aliphatic heterocycles. The van der Waals surface area contributed by atoms with Gasteiger partial charge in [-0.25, -0.2) is 9.59 Å². The fourth-order valence-electron chi connectivity index (χ4n) is 5.50. The van der Waals surface area contributed by atoms with E-state index in [1.54, 1.807) is 121 Å². The molecule has 0 saturated heterocycles. The molecular formula is C41H71N4O10+. The van der Waals surface area contributed by atoms with Crippen molar-refractivity contribution in [3.63, 3.8) is 0 Å². The Bertz CT molecular complexity index is 1370. The molecule has 0 saturated carbocycles. The summed E-state index contributed by atoms with van der Waals surface area (Å²) in [5, 5.41) is 0. The molecule has 14 nitrogen and oxygen atoms in total. The van der Waals surface area contributed by atoms with Gasteiger partial charge in [-0.05, 0) is 116 Å². The van der Waals surface area contributed by atoms with Crippen LogP contribution in [0.4, 0.5) is 5.69 Å². The van der Waals surface area contributed by atoms with Gasteiger partial charge in [0.2, 0.25) is 0 Å². The highest BCUT2D eigenvalue weighted by Gasteiger charge is 2.38. The molecule has 1 aromatic carbocycles. The first-order valence-corrected chi connectivity index (χ1v) is 19.0. The van der Waals surface area contributed by atoms with Crippen LogP contribution in [-0.2, 0) is 54.2 Å². The zero-order valence-corrected chi connectivity index (χ0v) is 36.4. The lowest BCUT2D eigenvalue weighted by Gasteiger charge is -2.39. The van der Waals surface area contributed by atoms with Crippen molar-refractivity contribution in [2.24, 2.45) is 0 Å². The number of benzene rings is 1. The summed E-state index contributed by atoms with van der Waals surface area (Å²) in [5.41, 5.74) is 3.56. The maximum Gasteiger partial charge on any atom is 0.362 e. The molecule has 0 amide bonds. The van der Waals surface area contributed by atoms with Crippen molar-refractivity contribution in [3.8, 4) is 0 Å². The Morgan fingerprint density at radius 2 is 0.800 bits per heavy atom. The summed E-state index contributed by atoms with van der Waals surface area (Å²) >= 11 is 0. The monoisotopic (exact) mass is 780 g/mol. The van der Waals surface area contributed by atoms with Gasteiger partial charge in [-0.1, -0.05) is 12.1 Å². The van der Waals surface area contributed by atoms with Crippen molar-refractivity contribution in [2.75, 3.05) is 64.6 Å². The van der Waals surface area contributed by atoms with Crippen LogP contribution in [0.15, 0.2) is 24.3 Å². The van der Waals surface area contributed by atoms with Crippen LogP contribution in [0.1, 0.15) is 109 Å². The minimum absolute atomic E-state index is 0.0991. The minimum atomic E-state index is -0.783. The number of rotatable bonds is 18. The minimum Gasteiger partial charge on any atom is -0.459 e. The second kappa shape index (κ2) is 19.9. The number of hydrogen-bond donors (Lipinski definition) is 1. The van der Waals surface area contributed by atoms with E-state index in [0.29, 0.717) is 5.69 Å². The third kappa shape index (κ3) is 24.4. The van der Waals surface area contributed by atoms with E-state index in [4.69, 9.17) is 29.4 Å². The molecule has 0 radical (unpaired) electrons. The summed E-state index contributed by atoms with van der Waals surface area (Å²) in [6.45, 7) is 26.6. The van der Waals surface area contributed by atoms with Crippen LogP contribution in [0.2, 0.25) is 0 Å². The maximum atomic E-state index is 13.6. The number of ether oxygens (including phenoxy) is 5. The standard InChI is InChI=1S/C41H71N4O10/c1-37(2,3)51-32(46)24-43(20-21-44(25-33(47)52-38(4,5)6)26-34(48)53-39(7,8)9)22-23-45(28-35(49)54-40(10,11)12,29-36(50)55-41(13,14)15)27-30-16-18-31(42)19-17-30/h16-19H,20-29,42H2,1-15H3/q+1. The molecule has 0 aliphatic carbocycles. The summed E-state index contributed by atoms with van der Waals surface area (Å²) < 4.78 is 28.2. The van der Waals surface area contributed by atoms with Gasteiger partial charge in [0, 0.05) is 30.9 Å². The Morgan fingerprint density at radius 3 is 1.15 bits per heavy atom. The molecule has 14 heteroatoms. The molecule has 0 aliphatic rings. The lowest BCUT2D eigenvalue weighted by Crippen LogP contribution is -2.58. The first-order valence-electron chi connectivity index (χ1n) is 19.0. The fourth-order valence-corrected chi connectivity index (χ4v) is 5.50. The largest absolute Gasteiger partial charge is 0.459 e. The van der Waals surface area contributed by atoms with E-state index in [1.165, 1.54) is 0 Å². The van der Waals surface area contributed by atoms with Gasteiger partial charge >= 0.3 is 29.8 Å². The molecule has 0 unspecified atom stereocenters.